The molecule has 6 nitrogen and oxygen atoms in total. The molecule has 1 saturated heterocycles. The highest BCUT2D eigenvalue weighted by Gasteiger charge is 2.29. The predicted molar refractivity (Wildman–Crippen MR) is 106 cm³/mol. The zero-order valence-corrected chi connectivity index (χ0v) is 16.8. The Morgan fingerprint density at radius 2 is 2.08 bits per heavy atom. The third-order valence-electron chi connectivity index (χ3n) is 4.71. The third-order valence-corrected chi connectivity index (χ3v) is 5.03. The number of carbonyl (C=O) groups excluding carboxylic acids is 1. The molecule has 2 heterocycles. The van der Waals surface area contributed by atoms with Crippen LogP contribution in [-0.4, -0.2) is 49.2 Å². The monoisotopic (exact) mass is 403 g/mol. The number of amides is 1. The molecule has 1 aromatic carbocycles. The number of hydrogen-bond acceptors (Lipinski definition) is 5. The Hall–Kier alpha value is -1.37. The van der Waals surface area contributed by atoms with Crippen LogP contribution in [0.3, 0.4) is 0 Å². The van der Waals surface area contributed by atoms with Gasteiger partial charge < -0.3 is 25.4 Å². The van der Waals surface area contributed by atoms with E-state index in [0.717, 1.165) is 38.9 Å². The van der Waals surface area contributed by atoms with Crippen molar-refractivity contribution in [2.75, 3.05) is 32.0 Å². The molecule has 0 spiro atoms. The first-order chi connectivity index (χ1) is 12.0. The highest BCUT2D eigenvalue weighted by atomic mass is 35.5. The molecule has 1 aromatic rings. The lowest BCUT2D eigenvalue weighted by Crippen LogP contribution is -2.45. The Balaban J connectivity index is 0.00000243. The van der Waals surface area contributed by atoms with E-state index in [-0.39, 0.29) is 30.5 Å². The number of benzene rings is 1. The minimum absolute atomic E-state index is 0. The number of nitrogen functional groups attached to an aromatic ring is 1. The summed E-state index contributed by atoms with van der Waals surface area (Å²) < 4.78 is 11.5. The van der Waals surface area contributed by atoms with Gasteiger partial charge in [0.25, 0.3) is 5.91 Å². The largest absolute Gasteiger partial charge is 0.485 e. The van der Waals surface area contributed by atoms with Crippen molar-refractivity contribution in [2.24, 2.45) is 0 Å². The summed E-state index contributed by atoms with van der Waals surface area (Å²) in [7, 11) is 0. The number of nitrogens with two attached hydrogens (primary N) is 1. The van der Waals surface area contributed by atoms with E-state index in [1.54, 1.807) is 6.07 Å². The number of anilines is 1. The lowest BCUT2D eigenvalue weighted by Gasteiger charge is -2.32. The molecule has 0 bridgehead atoms. The van der Waals surface area contributed by atoms with Crippen molar-refractivity contribution in [1.82, 2.24) is 10.2 Å². The van der Waals surface area contributed by atoms with Crippen LogP contribution in [0.2, 0.25) is 5.02 Å². The molecule has 1 atom stereocenters. The second kappa shape index (κ2) is 9.02. The minimum atomic E-state index is -0.190. The Kier molecular flexibility index (Phi) is 7.26. The van der Waals surface area contributed by atoms with E-state index in [1.807, 2.05) is 6.92 Å². The van der Waals surface area contributed by atoms with Crippen LogP contribution in [0.1, 0.15) is 43.5 Å². The quantitative estimate of drug-likeness (QED) is 0.755. The number of nitrogens with one attached hydrogen (secondary N) is 1. The van der Waals surface area contributed by atoms with Gasteiger partial charge >= 0.3 is 0 Å². The van der Waals surface area contributed by atoms with Crippen molar-refractivity contribution in [2.45, 2.75) is 45.3 Å². The maximum Gasteiger partial charge on any atom is 0.255 e. The van der Waals surface area contributed by atoms with E-state index in [2.05, 4.69) is 17.1 Å². The van der Waals surface area contributed by atoms with Crippen molar-refractivity contribution in [3.05, 3.63) is 16.7 Å². The predicted octanol–water partition coefficient (Wildman–Crippen LogP) is 3.11. The number of rotatable bonds is 4. The SMILES string of the molecule is CCCN1CCC(NC(=O)c2cc(Cl)c(N)c3c2OCC(C)O3)CC1.Cl. The van der Waals surface area contributed by atoms with Gasteiger partial charge in [0.2, 0.25) is 0 Å². The molecule has 2 aliphatic heterocycles. The van der Waals surface area contributed by atoms with Gasteiger partial charge in [-0.05, 0) is 38.8 Å². The summed E-state index contributed by atoms with van der Waals surface area (Å²) in [6, 6.07) is 1.73. The van der Waals surface area contributed by atoms with Gasteiger partial charge in [-0.1, -0.05) is 18.5 Å². The van der Waals surface area contributed by atoms with Gasteiger partial charge in [0, 0.05) is 19.1 Å². The number of ether oxygens (including phenoxy) is 2. The van der Waals surface area contributed by atoms with E-state index in [9.17, 15) is 4.79 Å². The lowest BCUT2D eigenvalue weighted by molar-refractivity contribution is 0.0869. The molecule has 146 valence electrons. The highest BCUT2D eigenvalue weighted by molar-refractivity contribution is 6.34. The molecule has 3 N–H and O–H groups in total. The summed E-state index contributed by atoms with van der Waals surface area (Å²) in [4.78, 5) is 15.2. The second-order valence-corrected chi connectivity index (χ2v) is 7.21. The number of carbonyl (C=O) groups is 1. The Bertz CT molecular complexity index is 649. The maximum absolute atomic E-state index is 12.8. The molecule has 1 amide bonds. The highest BCUT2D eigenvalue weighted by Crippen LogP contribution is 2.44. The number of fused-ring (bicyclic) bond motifs is 1. The Morgan fingerprint density at radius 3 is 2.73 bits per heavy atom. The van der Waals surface area contributed by atoms with Crippen LogP contribution in [0.5, 0.6) is 11.5 Å². The van der Waals surface area contributed by atoms with Crippen LogP contribution in [0.15, 0.2) is 6.07 Å². The van der Waals surface area contributed by atoms with E-state index >= 15 is 0 Å². The number of nitrogens with zero attached hydrogens (tertiary/aromatic N) is 1. The van der Waals surface area contributed by atoms with Gasteiger partial charge in [0.15, 0.2) is 11.5 Å². The molecule has 0 aromatic heterocycles. The van der Waals surface area contributed by atoms with Crippen LogP contribution < -0.4 is 20.5 Å². The fourth-order valence-corrected chi connectivity index (χ4v) is 3.56. The van der Waals surface area contributed by atoms with Gasteiger partial charge in [-0.15, -0.1) is 12.4 Å². The number of likely N-dealkylation sites (tertiary alicyclic amines) is 1. The fourth-order valence-electron chi connectivity index (χ4n) is 3.37. The zero-order chi connectivity index (χ0) is 18.0. The molecule has 1 unspecified atom stereocenters. The van der Waals surface area contributed by atoms with Crippen molar-refractivity contribution in [3.63, 3.8) is 0 Å². The first-order valence-corrected chi connectivity index (χ1v) is 9.32. The van der Waals surface area contributed by atoms with E-state index in [4.69, 9.17) is 26.8 Å². The molecule has 1 fully saturated rings. The molecular weight excluding hydrogens is 377 g/mol. The molecule has 0 radical (unpaired) electrons. The van der Waals surface area contributed by atoms with E-state index in [1.165, 1.54) is 0 Å². The molecule has 3 rings (SSSR count). The summed E-state index contributed by atoms with van der Waals surface area (Å²) in [6.45, 7) is 7.58. The van der Waals surface area contributed by atoms with E-state index in [0.29, 0.717) is 34.4 Å². The number of piperidine rings is 1. The summed E-state index contributed by atoms with van der Waals surface area (Å²) in [5.74, 6) is 0.570. The molecule has 0 saturated carbocycles. The minimum Gasteiger partial charge on any atom is -0.485 e. The summed E-state index contributed by atoms with van der Waals surface area (Å²) in [5.41, 5.74) is 6.69. The van der Waals surface area contributed by atoms with Crippen LogP contribution >= 0.6 is 24.0 Å². The molecule has 8 heteroatoms. The van der Waals surface area contributed by atoms with Crippen molar-refractivity contribution in [1.29, 1.82) is 0 Å². The van der Waals surface area contributed by atoms with Crippen molar-refractivity contribution >= 4 is 35.6 Å². The van der Waals surface area contributed by atoms with Crippen molar-refractivity contribution < 1.29 is 14.3 Å². The van der Waals surface area contributed by atoms with E-state index < -0.39 is 0 Å². The van der Waals surface area contributed by atoms with Crippen LogP contribution in [0, 0.1) is 0 Å². The van der Waals surface area contributed by atoms with Gasteiger partial charge in [-0.3, -0.25) is 4.79 Å². The number of hydrogen-bond donors (Lipinski definition) is 2. The Morgan fingerprint density at radius 1 is 1.38 bits per heavy atom. The third kappa shape index (κ3) is 4.48. The molecule has 0 aliphatic carbocycles. The van der Waals surface area contributed by atoms with Crippen LogP contribution in [0.25, 0.3) is 0 Å². The van der Waals surface area contributed by atoms with Crippen LogP contribution in [0.4, 0.5) is 5.69 Å². The second-order valence-electron chi connectivity index (χ2n) is 6.81. The Labute approximate surface area is 165 Å². The lowest BCUT2D eigenvalue weighted by atomic mass is 10.0. The van der Waals surface area contributed by atoms with Crippen LogP contribution in [-0.2, 0) is 0 Å². The summed E-state index contributed by atoms with van der Waals surface area (Å²) >= 11 is 6.19. The number of halogens is 2. The topological polar surface area (TPSA) is 76.8 Å². The summed E-state index contributed by atoms with van der Waals surface area (Å²) in [5, 5.41) is 3.41. The maximum atomic E-state index is 12.8. The summed E-state index contributed by atoms with van der Waals surface area (Å²) in [6.07, 6.45) is 2.92. The fraction of sp³-hybridized carbons (Fsp3) is 0.611. The molecular formula is C18H27Cl2N3O3. The van der Waals surface area contributed by atoms with Gasteiger partial charge in [0.05, 0.1) is 16.3 Å². The molecule has 2 aliphatic rings. The smallest absolute Gasteiger partial charge is 0.255 e. The van der Waals surface area contributed by atoms with Gasteiger partial charge in [-0.25, -0.2) is 0 Å². The average molecular weight is 404 g/mol. The normalized spacial score (nSPS) is 20.3. The van der Waals surface area contributed by atoms with Gasteiger partial charge in [-0.2, -0.15) is 0 Å². The average Bonchev–Trinajstić information content (AvgIpc) is 2.60. The zero-order valence-electron chi connectivity index (χ0n) is 15.2. The first kappa shape index (κ1) is 20.9. The molecule has 26 heavy (non-hydrogen) atoms. The standard InChI is InChI=1S/C18H26ClN3O3.ClH/c1-3-6-22-7-4-12(5-8-22)21-18(23)13-9-14(19)15(20)17-16(13)24-10-11(2)25-17;/h9,11-12H,3-8,10,20H2,1-2H3,(H,21,23);1H. The van der Waals surface area contributed by atoms with Crippen molar-refractivity contribution in [3.8, 4) is 11.5 Å². The van der Waals surface area contributed by atoms with Gasteiger partial charge in [0.1, 0.15) is 12.7 Å². The first-order valence-electron chi connectivity index (χ1n) is 8.94.